The highest BCUT2D eigenvalue weighted by Crippen LogP contribution is 2.08. The molecule has 0 saturated carbocycles. The first-order chi connectivity index (χ1) is 6.81. The van der Waals surface area contributed by atoms with Gasteiger partial charge in [-0.25, -0.2) is 9.78 Å². The van der Waals surface area contributed by atoms with Gasteiger partial charge in [0.25, 0.3) is 0 Å². The minimum atomic E-state index is -0.544. The third kappa shape index (κ3) is 1.37. The van der Waals surface area contributed by atoms with Crippen LogP contribution in [0, 0.1) is 0 Å². The molecule has 0 fully saturated rings. The molecule has 0 aliphatic rings. The van der Waals surface area contributed by atoms with Gasteiger partial charge in [-0.05, 0) is 12.1 Å². The Balaban J connectivity index is 2.38. The van der Waals surface area contributed by atoms with Crippen LogP contribution >= 0.6 is 0 Å². The summed E-state index contributed by atoms with van der Waals surface area (Å²) in [4.78, 5) is 15.0. The summed E-state index contributed by atoms with van der Waals surface area (Å²) < 4.78 is 5.96. The van der Waals surface area contributed by atoms with Crippen LogP contribution in [-0.4, -0.2) is 27.8 Å². The number of anilines is 1. The van der Waals surface area contributed by atoms with Gasteiger partial charge < -0.3 is 4.74 Å². The van der Waals surface area contributed by atoms with Crippen LogP contribution in [0.15, 0.2) is 24.5 Å². The molecule has 0 aliphatic carbocycles. The minimum absolute atomic E-state index is 0.479. The molecule has 14 heavy (non-hydrogen) atoms. The lowest BCUT2D eigenvalue weighted by atomic mass is 10.6. The normalized spacial score (nSPS) is 10.1. The number of nitrogens with zero attached hydrogens (tertiary/aromatic N) is 3. The summed E-state index contributed by atoms with van der Waals surface area (Å²) in [5.74, 6) is 0.479. The summed E-state index contributed by atoms with van der Waals surface area (Å²) in [5.41, 5.74) is 0.666. The summed E-state index contributed by atoms with van der Waals surface area (Å²) >= 11 is 0. The number of amides is 1. The van der Waals surface area contributed by atoms with E-state index < -0.39 is 6.09 Å². The zero-order valence-corrected chi connectivity index (χ0v) is 7.47. The highest BCUT2D eigenvalue weighted by molar-refractivity contribution is 5.83. The topological polar surface area (TPSA) is 68.5 Å². The van der Waals surface area contributed by atoms with Crippen molar-refractivity contribution >= 4 is 17.6 Å². The van der Waals surface area contributed by atoms with Crippen molar-refractivity contribution in [2.24, 2.45) is 0 Å². The van der Waals surface area contributed by atoms with E-state index in [0.29, 0.717) is 11.5 Å². The summed E-state index contributed by atoms with van der Waals surface area (Å²) in [6.45, 7) is 0. The van der Waals surface area contributed by atoms with E-state index in [1.54, 1.807) is 18.3 Å². The van der Waals surface area contributed by atoms with Gasteiger partial charge in [-0.1, -0.05) is 0 Å². The van der Waals surface area contributed by atoms with E-state index in [1.165, 1.54) is 17.8 Å². The Labute approximate surface area is 79.5 Å². The molecule has 0 unspecified atom stereocenters. The van der Waals surface area contributed by atoms with Gasteiger partial charge in [-0.15, -0.1) is 0 Å². The molecule has 72 valence electrons. The molecule has 2 aromatic heterocycles. The number of carbonyl (C=O) groups excluding carboxylic acids is 1. The second-order valence-corrected chi connectivity index (χ2v) is 2.55. The molecule has 2 heterocycles. The van der Waals surface area contributed by atoms with Crippen LogP contribution in [0.3, 0.4) is 0 Å². The highest BCUT2D eigenvalue weighted by atomic mass is 16.5. The van der Waals surface area contributed by atoms with Crippen molar-refractivity contribution < 1.29 is 9.53 Å². The molecule has 6 nitrogen and oxygen atoms in total. The first-order valence-corrected chi connectivity index (χ1v) is 3.95. The van der Waals surface area contributed by atoms with Crippen molar-refractivity contribution in [3.05, 3.63) is 24.5 Å². The third-order valence-electron chi connectivity index (χ3n) is 1.69. The average Bonchev–Trinajstić information content (AvgIpc) is 2.62. The maximum absolute atomic E-state index is 10.9. The Hall–Kier alpha value is -2.11. The zero-order valence-electron chi connectivity index (χ0n) is 7.47. The highest BCUT2D eigenvalue weighted by Gasteiger charge is 2.06. The smallest absolute Gasteiger partial charge is 0.412 e. The molecule has 2 aromatic rings. The largest absolute Gasteiger partial charge is 0.453 e. The Morgan fingerprint density at radius 3 is 3.29 bits per heavy atom. The van der Waals surface area contributed by atoms with E-state index in [0.717, 1.165) is 0 Å². The number of hydrogen-bond donors (Lipinski definition) is 1. The Kier molecular flexibility index (Phi) is 2.02. The monoisotopic (exact) mass is 192 g/mol. The second kappa shape index (κ2) is 3.33. The lowest BCUT2D eigenvalue weighted by molar-refractivity contribution is 0.186. The van der Waals surface area contributed by atoms with Gasteiger partial charge >= 0.3 is 6.09 Å². The first kappa shape index (κ1) is 8.49. The maximum Gasteiger partial charge on any atom is 0.412 e. The average molecular weight is 192 g/mol. The molecule has 0 saturated heterocycles. The van der Waals surface area contributed by atoms with E-state index >= 15 is 0 Å². The first-order valence-electron chi connectivity index (χ1n) is 3.95. The van der Waals surface area contributed by atoms with Crippen LogP contribution in [0.2, 0.25) is 0 Å². The Bertz CT molecular complexity index is 465. The van der Waals surface area contributed by atoms with Gasteiger partial charge in [-0.2, -0.15) is 9.61 Å². The molecule has 0 radical (unpaired) electrons. The molecule has 0 aliphatic heterocycles. The molecule has 0 aromatic carbocycles. The van der Waals surface area contributed by atoms with Gasteiger partial charge in [0, 0.05) is 6.20 Å². The summed E-state index contributed by atoms with van der Waals surface area (Å²) in [6, 6.07) is 3.56. The quantitative estimate of drug-likeness (QED) is 0.729. The zero-order chi connectivity index (χ0) is 9.97. The number of nitrogens with one attached hydrogen (secondary N) is 1. The fourth-order valence-electron chi connectivity index (χ4n) is 1.07. The standard InChI is InChI=1S/C8H8N4O2/c1-14-8(13)11-7-5-9-6-3-2-4-10-12(6)7/h2-5H,1H3,(H,11,13). The molecule has 2 rings (SSSR count). The van der Waals surface area contributed by atoms with E-state index in [2.05, 4.69) is 20.1 Å². The van der Waals surface area contributed by atoms with Crippen molar-refractivity contribution in [3.63, 3.8) is 0 Å². The van der Waals surface area contributed by atoms with E-state index in [-0.39, 0.29) is 0 Å². The fraction of sp³-hybridized carbons (Fsp3) is 0.125. The number of hydrogen-bond acceptors (Lipinski definition) is 4. The fourth-order valence-corrected chi connectivity index (χ4v) is 1.07. The second-order valence-electron chi connectivity index (χ2n) is 2.55. The van der Waals surface area contributed by atoms with Crippen molar-refractivity contribution in [1.29, 1.82) is 0 Å². The number of methoxy groups -OCH3 is 1. The predicted octanol–water partition coefficient (Wildman–Crippen LogP) is 0.908. The number of rotatable bonds is 1. The van der Waals surface area contributed by atoms with Crippen LogP contribution in [-0.2, 0) is 4.74 Å². The van der Waals surface area contributed by atoms with Gasteiger partial charge in [0.05, 0.1) is 13.3 Å². The molecule has 0 spiro atoms. The lowest BCUT2D eigenvalue weighted by Crippen LogP contribution is -2.13. The molecule has 6 heteroatoms. The van der Waals surface area contributed by atoms with Gasteiger partial charge in [0.2, 0.25) is 0 Å². The van der Waals surface area contributed by atoms with E-state index in [4.69, 9.17) is 0 Å². The van der Waals surface area contributed by atoms with Crippen molar-refractivity contribution in [1.82, 2.24) is 14.6 Å². The van der Waals surface area contributed by atoms with Crippen molar-refractivity contribution in [2.75, 3.05) is 12.4 Å². The van der Waals surface area contributed by atoms with Crippen LogP contribution < -0.4 is 5.32 Å². The van der Waals surface area contributed by atoms with E-state index in [9.17, 15) is 4.79 Å². The van der Waals surface area contributed by atoms with Gasteiger partial charge in [0.1, 0.15) is 0 Å². The number of fused-ring (bicyclic) bond motifs is 1. The van der Waals surface area contributed by atoms with Gasteiger partial charge in [-0.3, -0.25) is 5.32 Å². The summed E-state index contributed by atoms with van der Waals surface area (Å²) in [5, 5.41) is 6.50. The van der Waals surface area contributed by atoms with Gasteiger partial charge in [0.15, 0.2) is 11.5 Å². The number of aromatic nitrogens is 3. The van der Waals surface area contributed by atoms with Crippen LogP contribution in [0.1, 0.15) is 0 Å². The molecule has 0 bridgehead atoms. The van der Waals surface area contributed by atoms with Crippen LogP contribution in [0.5, 0.6) is 0 Å². The lowest BCUT2D eigenvalue weighted by Gasteiger charge is -2.00. The maximum atomic E-state index is 10.9. The predicted molar refractivity (Wildman–Crippen MR) is 49.0 cm³/mol. The Morgan fingerprint density at radius 1 is 1.64 bits per heavy atom. The molecule has 0 atom stereocenters. The van der Waals surface area contributed by atoms with Crippen LogP contribution in [0.4, 0.5) is 10.6 Å². The summed E-state index contributed by atoms with van der Waals surface area (Å²) in [7, 11) is 1.30. The van der Waals surface area contributed by atoms with E-state index in [1.807, 2.05) is 0 Å². The molecule has 1 N–H and O–H groups in total. The van der Waals surface area contributed by atoms with Crippen molar-refractivity contribution in [3.8, 4) is 0 Å². The van der Waals surface area contributed by atoms with Crippen molar-refractivity contribution in [2.45, 2.75) is 0 Å². The summed E-state index contributed by atoms with van der Waals surface area (Å²) in [6.07, 6.45) is 2.58. The number of imidazole rings is 1. The minimum Gasteiger partial charge on any atom is -0.453 e. The molecular weight excluding hydrogens is 184 g/mol. The molecular formula is C8H8N4O2. The molecule has 1 amide bonds. The SMILES string of the molecule is COC(=O)Nc1cnc2cccnn12. The number of carbonyl (C=O) groups is 1. The Morgan fingerprint density at radius 2 is 2.50 bits per heavy atom. The van der Waals surface area contributed by atoms with Crippen LogP contribution in [0.25, 0.3) is 5.65 Å². The number of ether oxygens (including phenoxy) is 1. The third-order valence-corrected chi connectivity index (χ3v) is 1.69.